The summed E-state index contributed by atoms with van der Waals surface area (Å²) in [7, 11) is -0.614. The molecule has 0 aromatic heterocycles. The molecular formula is C24H26N2O5S. The van der Waals surface area contributed by atoms with E-state index in [9.17, 15) is 13.2 Å². The van der Waals surface area contributed by atoms with E-state index in [2.05, 4.69) is 5.32 Å². The van der Waals surface area contributed by atoms with E-state index in [-0.39, 0.29) is 10.8 Å². The zero-order valence-electron chi connectivity index (χ0n) is 18.2. The number of carbonyl (C=O) groups is 1. The monoisotopic (exact) mass is 454 g/mol. The van der Waals surface area contributed by atoms with Crippen LogP contribution >= 0.6 is 0 Å². The molecule has 0 radical (unpaired) electrons. The standard InChI is InChI=1S/C24H26N2O5S/c1-18-7-13-23(14-8-18)32(28,29)26(2)20-11-9-19(10-12-20)24(27)25-15-16-31-22-6-4-5-21(17-22)30-3/h4-14,17H,15-16H2,1-3H3,(H,25,27). The molecule has 3 aromatic carbocycles. The van der Waals surface area contributed by atoms with Crippen LogP contribution in [0.2, 0.25) is 0 Å². The lowest BCUT2D eigenvalue weighted by molar-refractivity contribution is 0.0947. The Morgan fingerprint density at radius 3 is 2.28 bits per heavy atom. The molecule has 0 unspecified atom stereocenters. The molecule has 0 aliphatic heterocycles. The third kappa shape index (κ3) is 5.59. The van der Waals surface area contributed by atoms with Crippen LogP contribution in [-0.4, -0.2) is 41.6 Å². The Bertz CT molecular complexity index is 1160. The first-order valence-corrected chi connectivity index (χ1v) is 11.5. The fourth-order valence-corrected chi connectivity index (χ4v) is 4.15. The Hall–Kier alpha value is -3.52. The fourth-order valence-electron chi connectivity index (χ4n) is 2.96. The maximum absolute atomic E-state index is 12.8. The van der Waals surface area contributed by atoms with Gasteiger partial charge in [0.2, 0.25) is 0 Å². The second kappa shape index (κ2) is 10.2. The number of sulfonamides is 1. The third-order valence-electron chi connectivity index (χ3n) is 4.87. The summed E-state index contributed by atoms with van der Waals surface area (Å²) in [6.07, 6.45) is 0. The van der Waals surface area contributed by atoms with E-state index in [1.807, 2.05) is 25.1 Å². The lowest BCUT2D eigenvalue weighted by Gasteiger charge is -2.20. The molecule has 0 bridgehead atoms. The molecule has 0 saturated carbocycles. The Labute approximate surface area is 188 Å². The summed E-state index contributed by atoms with van der Waals surface area (Å²) >= 11 is 0. The summed E-state index contributed by atoms with van der Waals surface area (Å²) < 4.78 is 37.6. The zero-order chi connectivity index (χ0) is 23.1. The van der Waals surface area contributed by atoms with Gasteiger partial charge >= 0.3 is 0 Å². The van der Waals surface area contributed by atoms with E-state index in [0.717, 1.165) is 5.56 Å². The summed E-state index contributed by atoms with van der Waals surface area (Å²) in [5, 5.41) is 2.78. The van der Waals surface area contributed by atoms with Crippen LogP contribution in [0, 0.1) is 6.92 Å². The van der Waals surface area contributed by atoms with Crippen LogP contribution in [-0.2, 0) is 10.0 Å². The van der Waals surface area contributed by atoms with Crippen molar-refractivity contribution in [2.24, 2.45) is 0 Å². The summed E-state index contributed by atoms with van der Waals surface area (Å²) in [6.45, 7) is 2.52. The lowest BCUT2D eigenvalue weighted by atomic mass is 10.2. The van der Waals surface area contributed by atoms with Gasteiger partial charge in [0.1, 0.15) is 18.1 Å². The predicted octanol–water partition coefficient (Wildman–Crippen LogP) is 3.64. The third-order valence-corrected chi connectivity index (χ3v) is 6.67. The Morgan fingerprint density at radius 1 is 0.969 bits per heavy atom. The average molecular weight is 455 g/mol. The van der Waals surface area contributed by atoms with Gasteiger partial charge in [-0.2, -0.15) is 0 Å². The Morgan fingerprint density at radius 2 is 1.62 bits per heavy atom. The lowest BCUT2D eigenvalue weighted by Crippen LogP contribution is -2.28. The first kappa shape index (κ1) is 23.1. The number of amides is 1. The second-order valence-electron chi connectivity index (χ2n) is 7.12. The van der Waals surface area contributed by atoms with E-state index in [1.54, 1.807) is 61.7 Å². The highest BCUT2D eigenvalue weighted by atomic mass is 32.2. The first-order chi connectivity index (χ1) is 15.3. The predicted molar refractivity (Wildman–Crippen MR) is 124 cm³/mol. The van der Waals surface area contributed by atoms with E-state index < -0.39 is 10.0 Å². The van der Waals surface area contributed by atoms with E-state index in [4.69, 9.17) is 9.47 Å². The van der Waals surface area contributed by atoms with Crippen LogP contribution in [0.3, 0.4) is 0 Å². The van der Waals surface area contributed by atoms with E-state index in [0.29, 0.717) is 35.9 Å². The van der Waals surface area contributed by atoms with Gasteiger partial charge in [-0.1, -0.05) is 23.8 Å². The molecule has 32 heavy (non-hydrogen) atoms. The minimum absolute atomic E-state index is 0.212. The summed E-state index contributed by atoms with van der Waals surface area (Å²) in [5.41, 5.74) is 1.87. The number of carbonyl (C=O) groups excluding carboxylic acids is 1. The van der Waals surface area contributed by atoms with Crippen LogP contribution in [0.4, 0.5) is 5.69 Å². The molecule has 3 rings (SSSR count). The SMILES string of the molecule is COc1cccc(OCCNC(=O)c2ccc(N(C)S(=O)(=O)c3ccc(C)cc3)cc2)c1. The van der Waals surface area contributed by atoms with Crippen molar-refractivity contribution in [3.05, 3.63) is 83.9 Å². The van der Waals surface area contributed by atoms with Crippen LogP contribution in [0.5, 0.6) is 11.5 Å². The van der Waals surface area contributed by atoms with Gasteiger partial charge in [0.15, 0.2) is 0 Å². The topological polar surface area (TPSA) is 84.9 Å². The number of ether oxygens (including phenoxy) is 2. The molecule has 0 heterocycles. The Balaban J connectivity index is 1.56. The van der Waals surface area contributed by atoms with Crippen molar-refractivity contribution in [1.29, 1.82) is 0 Å². The molecule has 0 spiro atoms. The molecule has 0 fully saturated rings. The number of hydrogen-bond acceptors (Lipinski definition) is 5. The molecular weight excluding hydrogens is 428 g/mol. The number of nitrogens with zero attached hydrogens (tertiary/aromatic N) is 1. The van der Waals surface area contributed by atoms with Crippen LogP contribution < -0.4 is 19.1 Å². The highest BCUT2D eigenvalue weighted by Crippen LogP contribution is 2.23. The van der Waals surface area contributed by atoms with Gasteiger partial charge in [0.05, 0.1) is 24.2 Å². The number of aryl methyl sites for hydroxylation is 1. The quantitative estimate of drug-likeness (QED) is 0.499. The highest BCUT2D eigenvalue weighted by Gasteiger charge is 2.21. The smallest absolute Gasteiger partial charge is 0.264 e. The van der Waals surface area contributed by atoms with Gasteiger partial charge < -0.3 is 14.8 Å². The van der Waals surface area contributed by atoms with Gasteiger partial charge in [-0.3, -0.25) is 9.10 Å². The van der Waals surface area contributed by atoms with E-state index in [1.165, 1.54) is 11.4 Å². The molecule has 0 saturated heterocycles. The Kier molecular flexibility index (Phi) is 7.37. The summed E-state index contributed by atoms with van der Waals surface area (Å²) in [4.78, 5) is 12.6. The average Bonchev–Trinajstić information content (AvgIpc) is 2.81. The molecule has 1 N–H and O–H groups in total. The number of benzene rings is 3. The molecule has 0 aliphatic carbocycles. The maximum atomic E-state index is 12.8. The molecule has 3 aromatic rings. The van der Waals surface area contributed by atoms with Crippen molar-refractivity contribution in [3.8, 4) is 11.5 Å². The molecule has 0 atom stereocenters. The van der Waals surface area contributed by atoms with Crippen LogP contribution in [0.1, 0.15) is 15.9 Å². The molecule has 7 nitrogen and oxygen atoms in total. The number of methoxy groups -OCH3 is 1. The molecule has 1 amide bonds. The van der Waals surface area contributed by atoms with E-state index >= 15 is 0 Å². The number of nitrogens with one attached hydrogen (secondary N) is 1. The van der Waals surface area contributed by atoms with Crippen molar-refractivity contribution >= 4 is 21.6 Å². The number of anilines is 1. The zero-order valence-corrected chi connectivity index (χ0v) is 19.1. The van der Waals surface area contributed by atoms with Crippen molar-refractivity contribution in [2.45, 2.75) is 11.8 Å². The minimum atomic E-state index is -3.68. The van der Waals surface area contributed by atoms with Gasteiger partial charge in [0, 0.05) is 18.7 Å². The second-order valence-corrected chi connectivity index (χ2v) is 9.09. The highest BCUT2D eigenvalue weighted by molar-refractivity contribution is 7.92. The fraction of sp³-hybridized carbons (Fsp3) is 0.208. The molecule has 0 aliphatic rings. The number of rotatable bonds is 9. The van der Waals surface area contributed by atoms with Crippen molar-refractivity contribution in [3.63, 3.8) is 0 Å². The van der Waals surface area contributed by atoms with Crippen molar-refractivity contribution < 1.29 is 22.7 Å². The summed E-state index contributed by atoms with van der Waals surface area (Å²) in [5.74, 6) is 1.08. The van der Waals surface area contributed by atoms with Crippen molar-refractivity contribution in [1.82, 2.24) is 5.32 Å². The first-order valence-electron chi connectivity index (χ1n) is 10.0. The van der Waals surface area contributed by atoms with Gasteiger partial charge in [-0.25, -0.2) is 8.42 Å². The van der Waals surface area contributed by atoms with Crippen LogP contribution in [0.15, 0.2) is 77.7 Å². The molecule has 8 heteroatoms. The number of hydrogen-bond donors (Lipinski definition) is 1. The van der Waals surface area contributed by atoms with Gasteiger partial charge in [-0.05, 0) is 55.5 Å². The van der Waals surface area contributed by atoms with Gasteiger partial charge in [-0.15, -0.1) is 0 Å². The van der Waals surface area contributed by atoms with Gasteiger partial charge in [0.25, 0.3) is 15.9 Å². The van der Waals surface area contributed by atoms with Crippen LogP contribution in [0.25, 0.3) is 0 Å². The summed E-state index contributed by atoms with van der Waals surface area (Å²) in [6, 6.07) is 20.3. The van der Waals surface area contributed by atoms with Crippen molar-refractivity contribution in [2.75, 3.05) is 31.6 Å². The molecule has 168 valence electrons. The maximum Gasteiger partial charge on any atom is 0.264 e. The minimum Gasteiger partial charge on any atom is -0.497 e. The normalized spacial score (nSPS) is 11.0. The largest absolute Gasteiger partial charge is 0.497 e.